The standard InChI is InChI=1S/C25H22N2OS2/c28-25-27-24-23(30-25)20(18-14-10-11-15(12-14)22(18)29-24)19-16-8-4-5-9-17(16)26-21(19)13-6-2-1-3-7-13/h1-9,14-15,18,20,22,26H,10-12H2,(H,27,28). The lowest BCUT2D eigenvalue weighted by Gasteiger charge is -2.40. The summed E-state index contributed by atoms with van der Waals surface area (Å²) in [6.45, 7) is 0. The number of H-pyrrole nitrogens is 2. The number of para-hydroxylation sites is 1. The number of aromatic nitrogens is 2. The Labute approximate surface area is 182 Å². The highest BCUT2D eigenvalue weighted by Crippen LogP contribution is 2.64. The van der Waals surface area contributed by atoms with E-state index in [-0.39, 0.29) is 10.8 Å². The number of thioether (sulfide) groups is 1. The molecule has 3 aliphatic rings. The van der Waals surface area contributed by atoms with Crippen molar-refractivity contribution in [2.45, 2.75) is 35.5 Å². The second-order valence-corrected chi connectivity index (χ2v) is 11.2. The monoisotopic (exact) mass is 430 g/mol. The Kier molecular flexibility index (Phi) is 3.71. The molecule has 0 saturated heterocycles. The van der Waals surface area contributed by atoms with Gasteiger partial charge in [0.05, 0.1) is 10.7 Å². The van der Waals surface area contributed by atoms with Crippen molar-refractivity contribution in [2.24, 2.45) is 17.8 Å². The van der Waals surface area contributed by atoms with Gasteiger partial charge in [-0.3, -0.25) is 4.79 Å². The SMILES string of the molecule is O=c1[nH]c2c(s1)C(c1c(-c3ccccc3)[nH]c3ccccc13)C1C3CCC(C3)C1S2. The summed E-state index contributed by atoms with van der Waals surface area (Å²) >= 11 is 3.40. The van der Waals surface area contributed by atoms with Crippen LogP contribution in [0.5, 0.6) is 0 Å². The largest absolute Gasteiger partial charge is 0.354 e. The van der Waals surface area contributed by atoms with Gasteiger partial charge in [-0.2, -0.15) is 0 Å². The van der Waals surface area contributed by atoms with Gasteiger partial charge in [0, 0.05) is 26.9 Å². The molecule has 2 saturated carbocycles. The van der Waals surface area contributed by atoms with Gasteiger partial charge in [0.15, 0.2) is 0 Å². The summed E-state index contributed by atoms with van der Waals surface area (Å²) in [5.74, 6) is 2.49. The van der Waals surface area contributed by atoms with Crippen LogP contribution in [0.4, 0.5) is 0 Å². The van der Waals surface area contributed by atoms with Crippen molar-refractivity contribution in [3.63, 3.8) is 0 Å². The minimum atomic E-state index is 0.0888. The Hall–Kier alpha value is -2.24. The maximum absolute atomic E-state index is 12.4. The third-order valence-corrected chi connectivity index (χ3v) is 10.2. The summed E-state index contributed by atoms with van der Waals surface area (Å²) in [7, 11) is 0. The molecule has 0 spiro atoms. The molecule has 2 bridgehead atoms. The molecular formula is C25H22N2OS2. The summed E-state index contributed by atoms with van der Waals surface area (Å²) in [4.78, 5) is 20.7. The van der Waals surface area contributed by atoms with Gasteiger partial charge in [-0.25, -0.2) is 0 Å². The van der Waals surface area contributed by atoms with Gasteiger partial charge >= 0.3 is 4.87 Å². The molecule has 30 heavy (non-hydrogen) atoms. The molecule has 0 radical (unpaired) electrons. The van der Waals surface area contributed by atoms with Crippen molar-refractivity contribution in [2.75, 3.05) is 0 Å². The van der Waals surface area contributed by atoms with E-state index in [1.54, 1.807) is 0 Å². The quantitative estimate of drug-likeness (QED) is 0.396. The average molecular weight is 431 g/mol. The average Bonchev–Trinajstić information content (AvgIpc) is 3.54. The highest BCUT2D eigenvalue weighted by atomic mass is 32.2. The highest BCUT2D eigenvalue weighted by molar-refractivity contribution is 8.00. The molecule has 3 heterocycles. The Morgan fingerprint density at radius 3 is 2.60 bits per heavy atom. The van der Waals surface area contributed by atoms with Crippen LogP contribution in [0.3, 0.4) is 0 Å². The molecule has 2 aliphatic carbocycles. The van der Waals surface area contributed by atoms with Crippen LogP contribution >= 0.6 is 23.1 Å². The van der Waals surface area contributed by atoms with Crippen LogP contribution < -0.4 is 4.87 Å². The van der Waals surface area contributed by atoms with Gasteiger partial charge in [0.1, 0.15) is 0 Å². The molecule has 5 heteroatoms. The topological polar surface area (TPSA) is 48.6 Å². The second-order valence-electron chi connectivity index (χ2n) is 9.00. The highest BCUT2D eigenvalue weighted by Gasteiger charge is 2.55. The van der Waals surface area contributed by atoms with Crippen molar-refractivity contribution >= 4 is 34.0 Å². The Morgan fingerprint density at radius 2 is 1.70 bits per heavy atom. The molecule has 1 aliphatic heterocycles. The van der Waals surface area contributed by atoms with Crippen LogP contribution in [0, 0.1) is 17.8 Å². The van der Waals surface area contributed by atoms with E-state index in [2.05, 4.69) is 64.6 Å². The summed E-state index contributed by atoms with van der Waals surface area (Å²) in [5, 5.41) is 3.07. The van der Waals surface area contributed by atoms with Gasteiger partial charge in [0.25, 0.3) is 0 Å². The first-order chi connectivity index (χ1) is 14.8. The molecule has 2 fully saturated rings. The Bertz CT molecular complexity index is 1320. The number of fused-ring (bicyclic) bond motifs is 7. The van der Waals surface area contributed by atoms with Crippen LogP contribution in [0.25, 0.3) is 22.2 Å². The fourth-order valence-electron chi connectivity index (χ4n) is 6.49. The predicted molar refractivity (Wildman–Crippen MR) is 124 cm³/mol. The third kappa shape index (κ3) is 2.36. The first-order valence-corrected chi connectivity index (χ1v) is 12.5. The first kappa shape index (κ1) is 17.4. The second kappa shape index (κ2) is 6.38. The zero-order valence-corrected chi connectivity index (χ0v) is 18.1. The van der Waals surface area contributed by atoms with Crippen molar-refractivity contribution < 1.29 is 0 Å². The maximum Gasteiger partial charge on any atom is 0.305 e. The normalized spacial score (nSPS) is 29.3. The lowest BCUT2D eigenvalue weighted by Crippen LogP contribution is -2.33. The number of hydrogen-bond acceptors (Lipinski definition) is 3. The molecule has 2 aromatic carbocycles. The Morgan fingerprint density at radius 1 is 0.900 bits per heavy atom. The maximum atomic E-state index is 12.4. The van der Waals surface area contributed by atoms with E-state index in [0.29, 0.717) is 11.2 Å². The van der Waals surface area contributed by atoms with Gasteiger partial charge in [0.2, 0.25) is 0 Å². The number of benzene rings is 2. The van der Waals surface area contributed by atoms with Crippen molar-refractivity contribution in [1.29, 1.82) is 0 Å². The minimum absolute atomic E-state index is 0.0888. The molecule has 3 nitrogen and oxygen atoms in total. The van der Waals surface area contributed by atoms with Crippen molar-refractivity contribution in [3.8, 4) is 11.3 Å². The van der Waals surface area contributed by atoms with Crippen LogP contribution in [0.15, 0.2) is 64.4 Å². The minimum Gasteiger partial charge on any atom is -0.354 e. The fourth-order valence-corrected chi connectivity index (χ4v) is 9.37. The van der Waals surface area contributed by atoms with E-state index >= 15 is 0 Å². The van der Waals surface area contributed by atoms with E-state index < -0.39 is 0 Å². The summed E-state index contributed by atoms with van der Waals surface area (Å²) in [5.41, 5.74) is 5.04. The molecule has 5 atom stereocenters. The summed E-state index contributed by atoms with van der Waals surface area (Å²) in [6.07, 6.45) is 4.07. The lowest BCUT2D eigenvalue weighted by atomic mass is 9.73. The van der Waals surface area contributed by atoms with E-state index in [1.165, 1.54) is 63.2 Å². The molecule has 2 aromatic heterocycles. The summed E-state index contributed by atoms with van der Waals surface area (Å²) < 4.78 is 0. The zero-order chi connectivity index (χ0) is 19.8. The van der Waals surface area contributed by atoms with Crippen LogP contribution in [-0.2, 0) is 0 Å². The fraction of sp³-hybridized carbons (Fsp3) is 0.320. The number of thiazole rings is 1. The molecule has 0 amide bonds. The van der Waals surface area contributed by atoms with Gasteiger partial charge in [-0.05, 0) is 54.2 Å². The van der Waals surface area contributed by atoms with Gasteiger partial charge in [-0.15, -0.1) is 11.8 Å². The number of rotatable bonds is 2. The van der Waals surface area contributed by atoms with Crippen LogP contribution in [0.2, 0.25) is 0 Å². The molecule has 2 N–H and O–H groups in total. The van der Waals surface area contributed by atoms with E-state index in [0.717, 1.165) is 16.9 Å². The first-order valence-electron chi connectivity index (χ1n) is 10.8. The molecule has 5 unspecified atom stereocenters. The summed E-state index contributed by atoms with van der Waals surface area (Å²) in [6, 6.07) is 19.4. The number of nitrogens with one attached hydrogen (secondary N) is 2. The third-order valence-electron chi connectivity index (χ3n) is 7.59. The molecule has 4 aromatic rings. The van der Waals surface area contributed by atoms with Gasteiger partial charge < -0.3 is 9.97 Å². The van der Waals surface area contributed by atoms with E-state index in [9.17, 15) is 4.79 Å². The molecule has 150 valence electrons. The molecule has 7 rings (SSSR count). The van der Waals surface area contributed by atoms with E-state index in [1.807, 2.05) is 11.8 Å². The predicted octanol–water partition coefficient (Wildman–Crippen LogP) is 6.24. The number of hydrogen-bond donors (Lipinski definition) is 2. The van der Waals surface area contributed by atoms with E-state index in [4.69, 9.17) is 0 Å². The van der Waals surface area contributed by atoms with Crippen molar-refractivity contribution in [1.82, 2.24) is 9.97 Å². The lowest BCUT2D eigenvalue weighted by molar-refractivity contribution is 0.309. The van der Waals surface area contributed by atoms with Gasteiger partial charge in [-0.1, -0.05) is 59.9 Å². The van der Waals surface area contributed by atoms with Crippen LogP contribution in [-0.4, -0.2) is 15.2 Å². The Balaban J connectivity index is 1.54. The van der Waals surface area contributed by atoms with Crippen LogP contribution in [0.1, 0.15) is 35.6 Å². The smallest absolute Gasteiger partial charge is 0.305 e. The zero-order valence-electron chi connectivity index (χ0n) is 16.4. The number of aromatic amines is 2. The molecular weight excluding hydrogens is 408 g/mol. The van der Waals surface area contributed by atoms with Crippen molar-refractivity contribution in [3.05, 3.63) is 74.7 Å².